The topological polar surface area (TPSA) is 66.5 Å². The van der Waals surface area contributed by atoms with Crippen molar-refractivity contribution in [2.45, 2.75) is 19.8 Å². The van der Waals surface area contributed by atoms with Crippen LogP contribution in [0.4, 0.5) is 5.69 Å². The van der Waals surface area contributed by atoms with Crippen molar-refractivity contribution in [2.75, 3.05) is 24.2 Å². The summed E-state index contributed by atoms with van der Waals surface area (Å²) in [6, 6.07) is 5.13. The molecule has 22 heavy (non-hydrogen) atoms. The Morgan fingerprint density at radius 3 is 2.86 bits per heavy atom. The summed E-state index contributed by atoms with van der Waals surface area (Å²) >= 11 is 9.22. The number of piperidine rings is 1. The minimum Gasteiger partial charge on any atom is -0.326 e. The van der Waals surface area contributed by atoms with Gasteiger partial charge in [0.1, 0.15) is 0 Å². The highest BCUT2D eigenvalue weighted by atomic mass is 79.9. The SMILES string of the molecule is CCS(=O)(=O)N1CCC[C@H](C(=O)Nc2ccc(Cl)c(Br)c2)C1. The maximum Gasteiger partial charge on any atom is 0.228 e. The predicted molar refractivity (Wildman–Crippen MR) is 91.5 cm³/mol. The smallest absolute Gasteiger partial charge is 0.228 e. The van der Waals surface area contributed by atoms with Crippen molar-refractivity contribution in [1.29, 1.82) is 0 Å². The molecule has 0 aliphatic carbocycles. The zero-order chi connectivity index (χ0) is 16.3. The summed E-state index contributed by atoms with van der Waals surface area (Å²) in [7, 11) is -3.24. The van der Waals surface area contributed by atoms with Crippen molar-refractivity contribution in [1.82, 2.24) is 4.31 Å². The molecule has 0 spiro atoms. The molecule has 0 unspecified atom stereocenters. The summed E-state index contributed by atoms with van der Waals surface area (Å²) < 4.78 is 26.0. The van der Waals surface area contributed by atoms with E-state index < -0.39 is 10.0 Å². The Kier molecular flexibility index (Phi) is 5.87. The highest BCUT2D eigenvalue weighted by Crippen LogP contribution is 2.27. The van der Waals surface area contributed by atoms with Gasteiger partial charge in [-0.2, -0.15) is 0 Å². The van der Waals surface area contributed by atoms with Crippen LogP contribution < -0.4 is 5.32 Å². The largest absolute Gasteiger partial charge is 0.326 e. The number of sulfonamides is 1. The average molecular weight is 410 g/mol. The van der Waals surface area contributed by atoms with Gasteiger partial charge in [0, 0.05) is 23.2 Å². The molecule has 5 nitrogen and oxygen atoms in total. The lowest BCUT2D eigenvalue weighted by Gasteiger charge is -2.30. The maximum absolute atomic E-state index is 12.3. The Hall–Kier alpha value is -0.630. The number of nitrogens with one attached hydrogen (secondary N) is 1. The fourth-order valence-electron chi connectivity index (χ4n) is 2.41. The van der Waals surface area contributed by atoms with Crippen molar-refractivity contribution in [3.63, 3.8) is 0 Å². The number of hydrogen-bond acceptors (Lipinski definition) is 3. The Bertz CT molecular complexity index is 666. The molecular formula is C14H18BrClN2O3S. The minimum absolute atomic E-state index is 0.0610. The molecule has 0 radical (unpaired) electrons. The molecule has 122 valence electrons. The third-order valence-corrected chi connectivity index (χ3v) is 6.76. The lowest BCUT2D eigenvalue weighted by Crippen LogP contribution is -2.44. The van der Waals surface area contributed by atoms with Crippen LogP contribution in [-0.2, 0) is 14.8 Å². The van der Waals surface area contributed by atoms with Crippen molar-refractivity contribution in [2.24, 2.45) is 5.92 Å². The van der Waals surface area contributed by atoms with Gasteiger partial charge in [-0.1, -0.05) is 11.6 Å². The van der Waals surface area contributed by atoms with Crippen LogP contribution in [0, 0.1) is 5.92 Å². The Balaban J connectivity index is 2.04. The Labute approximate surface area is 144 Å². The van der Waals surface area contributed by atoms with Gasteiger partial charge in [0.05, 0.1) is 16.7 Å². The molecule has 0 aromatic heterocycles. The monoisotopic (exact) mass is 408 g/mol. The van der Waals surface area contributed by atoms with Gasteiger partial charge < -0.3 is 5.32 Å². The van der Waals surface area contributed by atoms with E-state index in [0.717, 1.165) is 0 Å². The summed E-state index contributed by atoms with van der Waals surface area (Å²) in [4.78, 5) is 12.3. The van der Waals surface area contributed by atoms with Crippen LogP contribution in [-0.4, -0.2) is 37.5 Å². The molecule has 1 aliphatic rings. The molecule has 0 saturated carbocycles. The van der Waals surface area contributed by atoms with E-state index in [1.807, 2.05) is 0 Å². The highest BCUT2D eigenvalue weighted by molar-refractivity contribution is 9.10. The number of amides is 1. The quantitative estimate of drug-likeness (QED) is 0.831. The predicted octanol–water partition coefficient (Wildman–Crippen LogP) is 3.10. The van der Waals surface area contributed by atoms with Gasteiger partial charge in [-0.3, -0.25) is 4.79 Å². The Morgan fingerprint density at radius 2 is 2.23 bits per heavy atom. The van der Waals surface area contributed by atoms with E-state index >= 15 is 0 Å². The zero-order valence-corrected chi connectivity index (χ0v) is 15.3. The molecule has 1 aromatic carbocycles. The van der Waals surface area contributed by atoms with Gasteiger partial charge in [-0.05, 0) is 53.9 Å². The normalized spacial score (nSPS) is 19.9. The van der Waals surface area contributed by atoms with Crippen LogP contribution in [0.1, 0.15) is 19.8 Å². The summed E-state index contributed by atoms with van der Waals surface area (Å²) in [5, 5.41) is 3.39. The molecule has 1 aromatic rings. The number of benzene rings is 1. The second kappa shape index (κ2) is 7.29. The zero-order valence-electron chi connectivity index (χ0n) is 12.2. The average Bonchev–Trinajstić information content (AvgIpc) is 2.51. The van der Waals surface area contributed by atoms with Gasteiger partial charge in [0.15, 0.2) is 0 Å². The first-order valence-corrected chi connectivity index (χ1v) is 9.85. The van der Waals surface area contributed by atoms with Gasteiger partial charge >= 0.3 is 0 Å². The minimum atomic E-state index is -3.24. The molecule has 1 aliphatic heterocycles. The van der Waals surface area contributed by atoms with E-state index in [0.29, 0.717) is 34.6 Å². The third-order valence-electron chi connectivity index (χ3n) is 3.70. The summed E-state index contributed by atoms with van der Waals surface area (Å²) in [5.74, 6) is -0.430. The fourth-order valence-corrected chi connectivity index (χ4v) is 4.09. The summed E-state index contributed by atoms with van der Waals surface area (Å²) in [5.41, 5.74) is 0.636. The molecule has 1 atom stereocenters. The van der Waals surface area contributed by atoms with Gasteiger partial charge in [0.2, 0.25) is 15.9 Å². The van der Waals surface area contributed by atoms with E-state index in [1.165, 1.54) is 4.31 Å². The van der Waals surface area contributed by atoms with E-state index in [4.69, 9.17) is 11.6 Å². The number of hydrogen-bond donors (Lipinski definition) is 1. The van der Waals surface area contributed by atoms with Crippen molar-refractivity contribution in [3.8, 4) is 0 Å². The van der Waals surface area contributed by atoms with Crippen LogP contribution in [0.15, 0.2) is 22.7 Å². The van der Waals surface area contributed by atoms with E-state index in [9.17, 15) is 13.2 Å². The number of carbonyl (C=O) groups is 1. The standard InChI is InChI=1S/C14H18BrClN2O3S/c1-2-22(20,21)18-7-3-4-10(9-18)14(19)17-11-5-6-13(16)12(15)8-11/h5-6,8,10H,2-4,7,9H2,1H3,(H,17,19)/t10-/m0/s1. The molecule has 1 saturated heterocycles. The molecule has 2 rings (SSSR count). The molecule has 0 bridgehead atoms. The Morgan fingerprint density at radius 1 is 1.50 bits per heavy atom. The first kappa shape index (κ1) is 17.7. The second-order valence-electron chi connectivity index (χ2n) is 5.22. The molecule has 1 heterocycles. The van der Waals surface area contributed by atoms with E-state index in [-0.39, 0.29) is 24.1 Å². The molecule has 1 N–H and O–H groups in total. The maximum atomic E-state index is 12.3. The lowest BCUT2D eigenvalue weighted by molar-refractivity contribution is -0.120. The van der Waals surface area contributed by atoms with Gasteiger partial charge in [0.25, 0.3) is 0 Å². The first-order chi connectivity index (χ1) is 10.3. The third kappa shape index (κ3) is 4.22. The highest BCUT2D eigenvalue weighted by Gasteiger charge is 2.31. The molecular weight excluding hydrogens is 392 g/mol. The number of anilines is 1. The first-order valence-electron chi connectivity index (χ1n) is 7.07. The lowest BCUT2D eigenvalue weighted by atomic mass is 9.99. The number of nitrogens with zero attached hydrogens (tertiary/aromatic N) is 1. The fraction of sp³-hybridized carbons (Fsp3) is 0.500. The molecule has 1 amide bonds. The van der Waals surface area contributed by atoms with Crippen LogP contribution in [0.25, 0.3) is 0 Å². The van der Waals surface area contributed by atoms with Crippen LogP contribution in [0.2, 0.25) is 5.02 Å². The summed E-state index contributed by atoms with van der Waals surface area (Å²) in [6.07, 6.45) is 1.39. The summed E-state index contributed by atoms with van der Waals surface area (Å²) in [6.45, 7) is 2.35. The van der Waals surface area contributed by atoms with Gasteiger partial charge in [-0.25, -0.2) is 12.7 Å². The van der Waals surface area contributed by atoms with E-state index in [2.05, 4.69) is 21.2 Å². The van der Waals surface area contributed by atoms with Crippen LogP contribution >= 0.6 is 27.5 Å². The molecule has 8 heteroatoms. The molecule has 1 fully saturated rings. The number of carbonyl (C=O) groups excluding carboxylic acids is 1. The van der Waals surface area contributed by atoms with Crippen LogP contribution in [0.3, 0.4) is 0 Å². The van der Waals surface area contributed by atoms with Crippen molar-refractivity contribution in [3.05, 3.63) is 27.7 Å². The van der Waals surface area contributed by atoms with Crippen LogP contribution in [0.5, 0.6) is 0 Å². The van der Waals surface area contributed by atoms with Crippen molar-refractivity contribution < 1.29 is 13.2 Å². The second-order valence-corrected chi connectivity index (χ2v) is 8.73. The van der Waals surface area contributed by atoms with Gasteiger partial charge in [-0.15, -0.1) is 0 Å². The van der Waals surface area contributed by atoms with Crippen molar-refractivity contribution >= 4 is 49.1 Å². The number of rotatable bonds is 4. The van der Waals surface area contributed by atoms with E-state index in [1.54, 1.807) is 25.1 Å². The number of halogens is 2.